The lowest BCUT2D eigenvalue weighted by atomic mass is 10.1. The number of hydrogen-bond acceptors (Lipinski definition) is 4. The van der Waals surface area contributed by atoms with E-state index in [1.807, 2.05) is 0 Å². The van der Waals surface area contributed by atoms with E-state index in [4.69, 9.17) is 0 Å². The number of aromatic nitrogens is 2. The van der Waals surface area contributed by atoms with Crippen molar-refractivity contribution in [2.45, 2.75) is 11.1 Å². The molecule has 0 atom stereocenters. The molecule has 0 aliphatic heterocycles. The molecule has 3 aromatic carbocycles. The first-order chi connectivity index (χ1) is 13.1. The molecule has 0 unspecified atom stereocenters. The summed E-state index contributed by atoms with van der Waals surface area (Å²) in [5.41, 5.74) is -0.658. The number of halogens is 3. The van der Waals surface area contributed by atoms with Crippen LogP contribution in [0.3, 0.4) is 0 Å². The van der Waals surface area contributed by atoms with Crippen molar-refractivity contribution in [3.63, 3.8) is 0 Å². The number of phenolic OH excluding ortho intramolecular Hbond substituents is 1. The normalized spacial score (nSPS) is 12.5. The highest BCUT2D eigenvalue weighted by atomic mass is 32.2. The van der Waals surface area contributed by atoms with Crippen LogP contribution in [0.2, 0.25) is 0 Å². The molecule has 0 aliphatic rings. The third-order valence-electron chi connectivity index (χ3n) is 4.21. The van der Waals surface area contributed by atoms with Crippen molar-refractivity contribution in [3.8, 4) is 5.75 Å². The monoisotopic (exact) mass is 407 g/mol. The highest BCUT2D eigenvalue weighted by molar-refractivity contribution is 7.92. The number of benzene rings is 3. The Morgan fingerprint density at radius 3 is 2.50 bits per heavy atom. The maximum Gasteiger partial charge on any atom is 0.416 e. The van der Waals surface area contributed by atoms with Crippen molar-refractivity contribution >= 4 is 31.7 Å². The van der Waals surface area contributed by atoms with E-state index in [0.717, 1.165) is 23.0 Å². The van der Waals surface area contributed by atoms with Gasteiger partial charge in [-0.2, -0.15) is 36.3 Å². The van der Waals surface area contributed by atoms with Crippen LogP contribution in [0.1, 0.15) is 5.56 Å². The second kappa shape index (κ2) is 6.13. The molecular formula is C18H12F3N3O3S. The minimum atomic E-state index is -4.66. The zero-order valence-electron chi connectivity index (χ0n) is 14.0. The number of hydrogen-bond donors (Lipinski definition) is 2. The van der Waals surface area contributed by atoms with Crippen LogP contribution in [0.25, 0.3) is 21.7 Å². The van der Waals surface area contributed by atoms with Crippen molar-refractivity contribution in [2.75, 3.05) is 4.83 Å². The minimum Gasteiger partial charge on any atom is -0.508 e. The van der Waals surface area contributed by atoms with Gasteiger partial charge in [0.1, 0.15) is 11.3 Å². The Morgan fingerprint density at radius 1 is 1.00 bits per heavy atom. The zero-order chi connectivity index (χ0) is 20.1. The second-order valence-electron chi connectivity index (χ2n) is 6.09. The molecular weight excluding hydrogens is 395 g/mol. The lowest BCUT2D eigenvalue weighted by Crippen LogP contribution is -2.24. The van der Waals surface area contributed by atoms with Gasteiger partial charge < -0.3 is 5.11 Å². The molecule has 0 saturated heterocycles. The molecule has 0 aliphatic carbocycles. The van der Waals surface area contributed by atoms with Crippen molar-refractivity contribution in [3.05, 3.63) is 66.4 Å². The van der Waals surface area contributed by atoms with E-state index < -0.39 is 26.7 Å². The Kier molecular flexibility index (Phi) is 3.96. The van der Waals surface area contributed by atoms with Crippen molar-refractivity contribution in [2.24, 2.45) is 0 Å². The molecule has 1 heterocycles. The number of phenols is 1. The SMILES string of the molecule is O=S(=O)(Nn1ncc2ccc3cc(O)ccc3c21)c1cccc(C(F)(F)F)c1. The molecule has 4 aromatic rings. The lowest BCUT2D eigenvalue weighted by Gasteiger charge is -2.12. The van der Waals surface area contributed by atoms with Crippen LogP contribution in [-0.2, 0) is 16.2 Å². The Bertz CT molecular complexity index is 1310. The van der Waals surface area contributed by atoms with Gasteiger partial charge in [-0.05, 0) is 41.8 Å². The second-order valence-corrected chi connectivity index (χ2v) is 7.75. The zero-order valence-corrected chi connectivity index (χ0v) is 14.8. The van der Waals surface area contributed by atoms with Crippen LogP contribution in [0.4, 0.5) is 13.2 Å². The van der Waals surface area contributed by atoms with Crippen molar-refractivity contribution in [1.29, 1.82) is 0 Å². The largest absolute Gasteiger partial charge is 0.508 e. The molecule has 28 heavy (non-hydrogen) atoms. The summed E-state index contributed by atoms with van der Waals surface area (Å²) in [6, 6.07) is 11.4. The van der Waals surface area contributed by atoms with E-state index in [1.165, 1.54) is 18.3 Å². The van der Waals surface area contributed by atoms with Crippen molar-refractivity contribution < 1.29 is 26.7 Å². The summed E-state index contributed by atoms with van der Waals surface area (Å²) in [4.78, 5) is 2.64. The summed E-state index contributed by atoms with van der Waals surface area (Å²) in [7, 11) is -4.33. The van der Waals surface area contributed by atoms with Gasteiger partial charge in [0.05, 0.1) is 16.7 Å². The number of aromatic hydroxyl groups is 1. The average molecular weight is 407 g/mol. The van der Waals surface area contributed by atoms with Crippen LogP contribution in [0, 0.1) is 0 Å². The first-order valence-electron chi connectivity index (χ1n) is 7.95. The molecule has 0 saturated carbocycles. The molecule has 10 heteroatoms. The maximum absolute atomic E-state index is 12.9. The fourth-order valence-electron chi connectivity index (χ4n) is 2.91. The number of fused-ring (bicyclic) bond motifs is 3. The molecule has 0 spiro atoms. The molecule has 0 fully saturated rings. The van der Waals surface area contributed by atoms with Crippen LogP contribution < -0.4 is 4.83 Å². The predicted molar refractivity (Wildman–Crippen MR) is 96.9 cm³/mol. The smallest absolute Gasteiger partial charge is 0.416 e. The van der Waals surface area contributed by atoms with Crippen molar-refractivity contribution in [1.82, 2.24) is 9.89 Å². The quantitative estimate of drug-likeness (QED) is 0.540. The summed E-state index contributed by atoms with van der Waals surface area (Å²) in [6.45, 7) is 0. The summed E-state index contributed by atoms with van der Waals surface area (Å²) in [5.74, 6) is 0.0439. The van der Waals surface area contributed by atoms with Gasteiger partial charge in [-0.3, -0.25) is 0 Å². The molecule has 0 radical (unpaired) electrons. The maximum atomic E-state index is 12.9. The lowest BCUT2D eigenvalue weighted by molar-refractivity contribution is -0.137. The van der Waals surface area contributed by atoms with Crippen LogP contribution in [0.5, 0.6) is 5.75 Å². The van der Waals surface area contributed by atoms with Gasteiger partial charge in [-0.15, -0.1) is 0 Å². The third-order valence-corrected chi connectivity index (χ3v) is 5.50. The van der Waals surface area contributed by atoms with E-state index >= 15 is 0 Å². The van der Waals surface area contributed by atoms with Gasteiger partial charge in [0.2, 0.25) is 0 Å². The Hall–Kier alpha value is -3.27. The third kappa shape index (κ3) is 3.11. The van der Waals surface area contributed by atoms with Gasteiger partial charge in [-0.25, -0.2) is 0 Å². The van der Waals surface area contributed by atoms with Gasteiger partial charge >= 0.3 is 6.18 Å². The van der Waals surface area contributed by atoms with E-state index in [1.54, 1.807) is 18.2 Å². The fraction of sp³-hybridized carbons (Fsp3) is 0.0556. The topological polar surface area (TPSA) is 84.2 Å². The highest BCUT2D eigenvalue weighted by Crippen LogP contribution is 2.31. The molecule has 0 amide bonds. The molecule has 4 rings (SSSR count). The molecule has 1 aromatic heterocycles. The molecule has 0 bridgehead atoms. The number of nitrogens with zero attached hydrogens (tertiary/aromatic N) is 2. The van der Waals surface area contributed by atoms with E-state index in [-0.39, 0.29) is 5.75 Å². The van der Waals surface area contributed by atoms with Crippen LogP contribution >= 0.6 is 0 Å². The summed E-state index contributed by atoms with van der Waals surface area (Å²) in [6.07, 6.45) is -3.24. The van der Waals surface area contributed by atoms with Gasteiger partial charge in [-0.1, -0.05) is 18.2 Å². The van der Waals surface area contributed by atoms with Crippen LogP contribution in [0.15, 0.2) is 65.7 Å². The molecule has 6 nitrogen and oxygen atoms in total. The molecule has 144 valence electrons. The van der Waals surface area contributed by atoms with E-state index in [9.17, 15) is 26.7 Å². The Labute approximate surface area is 156 Å². The minimum absolute atomic E-state index is 0.0439. The standard InChI is InChI=1S/C18H12F3N3O3S/c19-18(20,21)13-2-1-3-15(9-13)28(26,27)23-24-17-12(10-22-24)5-4-11-8-14(25)6-7-16(11)17/h1-10,23,25H. The number of sulfonamides is 1. The number of nitrogens with one attached hydrogen (secondary N) is 1. The highest BCUT2D eigenvalue weighted by Gasteiger charge is 2.31. The fourth-order valence-corrected chi connectivity index (χ4v) is 3.92. The van der Waals surface area contributed by atoms with Gasteiger partial charge in [0.25, 0.3) is 10.0 Å². The Morgan fingerprint density at radius 2 is 1.75 bits per heavy atom. The summed E-state index contributed by atoms with van der Waals surface area (Å²) in [5, 5.41) is 15.5. The van der Waals surface area contributed by atoms with E-state index in [2.05, 4.69) is 9.93 Å². The van der Waals surface area contributed by atoms with Gasteiger partial charge in [0.15, 0.2) is 0 Å². The number of alkyl halides is 3. The first-order valence-corrected chi connectivity index (χ1v) is 9.43. The van der Waals surface area contributed by atoms with Crippen LogP contribution in [-0.4, -0.2) is 23.4 Å². The molecule has 2 N–H and O–H groups in total. The average Bonchev–Trinajstić information content (AvgIpc) is 3.03. The Balaban J connectivity index is 1.82. The van der Waals surface area contributed by atoms with E-state index in [0.29, 0.717) is 27.7 Å². The predicted octanol–water partition coefficient (Wildman–Crippen LogP) is 3.85. The summed E-state index contributed by atoms with van der Waals surface area (Å²) >= 11 is 0. The summed E-state index contributed by atoms with van der Waals surface area (Å²) < 4.78 is 64.0. The van der Waals surface area contributed by atoms with Gasteiger partial charge in [0, 0.05) is 10.8 Å². The number of rotatable bonds is 3. The first kappa shape index (κ1) is 18.1.